The Hall–Kier alpha value is -1.47. The average Bonchev–Trinajstić information content (AvgIpc) is 2.64. The summed E-state index contributed by atoms with van der Waals surface area (Å²) in [5.41, 5.74) is 6.27. The van der Waals surface area contributed by atoms with Gasteiger partial charge in [-0.05, 0) is 12.1 Å². The summed E-state index contributed by atoms with van der Waals surface area (Å²) in [6.07, 6.45) is 1.17. The summed E-state index contributed by atoms with van der Waals surface area (Å²) in [5.74, 6) is 0. The van der Waals surface area contributed by atoms with E-state index in [-0.39, 0.29) is 4.90 Å². The molecule has 0 unspecified atom stereocenters. The van der Waals surface area contributed by atoms with Gasteiger partial charge in [0.05, 0.1) is 4.90 Å². The number of anilines is 1. The third kappa shape index (κ3) is 2.20. The van der Waals surface area contributed by atoms with Crippen molar-refractivity contribution in [2.24, 2.45) is 0 Å². The summed E-state index contributed by atoms with van der Waals surface area (Å²) in [7, 11) is -3.15. The molecule has 0 amide bonds. The van der Waals surface area contributed by atoms with Crippen LogP contribution in [0.2, 0.25) is 0 Å². The number of rotatable bonds is 2. The summed E-state index contributed by atoms with van der Waals surface area (Å²) in [6, 6.07) is 6.47. The van der Waals surface area contributed by atoms with E-state index in [1.165, 1.54) is 17.6 Å². The van der Waals surface area contributed by atoms with E-state index in [0.29, 0.717) is 10.1 Å². The fourth-order valence-corrected chi connectivity index (χ4v) is 2.44. The lowest BCUT2D eigenvalue weighted by Gasteiger charge is -1.98. The molecule has 0 radical (unpaired) electrons. The minimum absolute atomic E-state index is 0.286. The first-order valence-corrected chi connectivity index (χ1v) is 7.07. The molecule has 7 heteroatoms. The van der Waals surface area contributed by atoms with Crippen molar-refractivity contribution < 1.29 is 8.42 Å². The maximum Gasteiger partial charge on any atom is 0.203 e. The molecule has 2 rings (SSSR count). The Morgan fingerprint density at radius 3 is 2.25 bits per heavy atom. The second kappa shape index (κ2) is 3.84. The number of hydrogen-bond acceptors (Lipinski definition) is 6. The number of aromatic nitrogens is 2. The van der Waals surface area contributed by atoms with Gasteiger partial charge >= 0.3 is 0 Å². The van der Waals surface area contributed by atoms with Gasteiger partial charge in [-0.25, -0.2) is 8.42 Å². The highest BCUT2D eigenvalue weighted by Gasteiger charge is 2.08. The van der Waals surface area contributed by atoms with Crippen LogP contribution in [0, 0.1) is 0 Å². The third-order valence-corrected chi connectivity index (χ3v) is 3.90. The molecule has 0 aliphatic heterocycles. The summed E-state index contributed by atoms with van der Waals surface area (Å²) in [5, 5.41) is 8.63. The molecule has 1 aromatic heterocycles. The maximum absolute atomic E-state index is 11.2. The minimum atomic E-state index is -3.15. The minimum Gasteiger partial charge on any atom is -0.374 e. The number of nitrogens with two attached hydrogens (primary N) is 1. The molecule has 84 valence electrons. The zero-order valence-corrected chi connectivity index (χ0v) is 10.0. The fraction of sp³-hybridized carbons (Fsp3) is 0.111. The van der Waals surface area contributed by atoms with Gasteiger partial charge in [0.2, 0.25) is 5.13 Å². The van der Waals surface area contributed by atoms with Crippen LogP contribution in [0.25, 0.3) is 10.6 Å². The van der Waals surface area contributed by atoms with Gasteiger partial charge in [0.1, 0.15) is 5.01 Å². The number of benzene rings is 1. The number of nitrogen functional groups attached to an aromatic ring is 1. The Morgan fingerprint density at radius 2 is 1.81 bits per heavy atom. The molecule has 0 atom stereocenters. The second-order valence-corrected chi connectivity index (χ2v) is 6.27. The third-order valence-electron chi connectivity index (χ3n) is 1.97. The molecule has 0 spiro atoms. The number of sulfone groups is 1. The van der Waals surface area contributed by atoms with Gasteiger partial charge in [-0.15, -0.1) is 10.2 Å². The molecule has 5 nitrogen and oxygen atoms in total. The van der Waals surface area contributed by atoms with E-state index in [4.69, 9.17) is 5.73 Å². The van der Waals surface area contributed by atoms with Gasteiger partial charge in [-0.1, -0.05) is 23.5 Å². The van der Waals surface area contributed by atoms with Crippen molar-refractivity contribution in [3.05, 3.63) is 24.3 Å². The fourth-order valence-electron chi connectivity index (χ4n) is 1.20. The molecule has 2 aromatic rings. The predicted molar refractivity (Wildman–Crippen MR) is 62.9 cm³/mol. The van der Waals surface area contributed by atoms with Crippen LogP contribution in [0.4, 0.5) is 5.13 Å². The Morgan fingerprint density at radius 1 is 1.19 bits per heavy atom. The highest BCUT2D eigenvalue weighted by Crippen LogP contribution is 2.25. The Bertz CT molecular complexity index is 602. The first-order chi connectivity index (χ1) is 7.47. The van der Waals surface area contributed by atoms with Gasteiger partial charge in [0.15, 0.2) is 9.84 Å². The molecule has 16 heavy (non-hydrogen) atoms. The summed E-state index contributed by atoms with van der Waals surface area (Å²) < 4.78 is 22.5. The van der Waals surface area contributed by atoms with Crippen molar-refractivity contribution in [2.45, 2.75) is 4.90 Å². The standard InChI is InChI=1S/C9H9N3O2S2/c1-16(13,14)7-4-2-6(3-5-7)8-11-12-9(10)15-8/h2-5H,1H3,(H2,10,12). The SMILES string of the molecule is CS(=O)(=O)c1ccc(-c2nnc(N)s2)cc1. The normalized spacial score (nSPS) is 11.6. The molecule has 2 N–H and O–H groups in total. The number of hydrogen-bond donors (Lipinski definition) is 1. The molecule has 1 aromatic carbocycles. The molecule has 0 saturated heterocycles. The van der Waals surface area contributed by atoms with Crippen LogP contribution in [0.15, 0.2) is 29.2 Å². The van der Waals surface area contributed by atoms with E-state index in [2.05, 4.69) is 10.2 Å². The van der Waals surface area contributed by atoms with E-state index < -0.39 is 9.84 Å². The van der Waals surface area contributed by atoms with Gasteiger partial charge in [-0.3, -0.25) is 0 Å². The smallest absolute Gasteiger partial charge is 0.203 e. The van der Waals surface area contributed by atoms with Crippen LogP contribution in [0.3, 0.4) is 0 Å². The molecular weight excluding hydrogens is 246 g/mol. The average molecular weight is 255 g/mol. The second-order valence-electron chi connectivity index (χ2n) is 3.24. The van der Waals surface area contributed by atoms with Crippen molar-refractivity contribution in [2.75, 3.05) is 12.0 Å². The first-order valence-electron chi connectivity index (χ1n) is 4.36. The molecule has 0 aliphatic rings. The van der Waals surface area contributed by atoms with Crippen LogP contribution < -0.4 is 5.73 Å². The summed E-state index contributed by atoms with van der Waals surface area (Å²) in [6.45, 7) is 0. The van der Waals surface area contributed by atoms with E-state index in [9.17, 15) is 8.42 Å². The molecule has 0 fully saturated rings. The van der Waals surface area contributed by atoms with Crippen molar-refractivity contribution in [3.63, 3.8) is 0 Å². The lowest BCUT2D eigenvalue weighted by atomic mass is 10.2. The van der Waals surface area contributed by atoms with Crippen molar-refractivity contribution in [1.29, 1.82) is 0 Å². The lowest BCUT2D eigenvalue weighted by Crippen LogP contribution is -1.96. The van der Waals surface area contributed by atoms with E-state index in [0.717, 1.165) is 5.56 Å². The molecular formula is C9H9N3O2S2. The Balaban J connectivity index is 2.40. The van der Waals surface area contributed by atoms with Gasteiger partial charge in [-0.2, -0.15) is 0 Å². The van der Waals surface area contributed by atoms with Crippen LogP contribution in [0.5, 0.6) is 0 Å². The number of nitrogens with zero attached hydrogens (tertiary/aromatic N) is 2. The van der Waals surface area contributed by atoms with Gasteiger partial charge < -0.3 is 5.73 Å². The first kappa shape index (κ1) is 11.0. The Labute approximate surface area is 96.9 Å². The van der Waals surface area contributed by atoms with Crippen molar-refractivity contribution in [3.8, 4) is 10.6 Å². The predicted octanol–water partition coefficient (Wildman–Crippen LogP) is 1.19. The van der Waals surface area contributed by atoms with E-state index in [1.54, 1.807) is 24.3 Å². The van der Waals surface area contributed by atoms with E-state index in [1.807, 2.05) is 0 Å². The molecule has 0 saturated carbocycles. The van der Waals surface area contributed by atoms with Gasteiger partial charge in [0.25, 0.3) is 0 Å². The quantitative estimate of drug-likeness (QED) is 0.871. The van der Waals surface area contributed by atoms with Gasteiger partial charge in [0, 0.05) is 11.8 Å². The molecule has 0 bridgehead atoms. The van der Waals surface area contributed by atoms with Crippen LogP contribution >= 0.6 is 11.3 Å². The maximum atomic E-state index is 11.2. The Kier molecular flexibility index (Phi) is 2.64. The summed E-state index contributed by atoms with van der Waals surface area (Å²) in [4.78, 5) is 0.286. The van der Waals surface area contributed by atoms with Crippen LogP contribution in [0.1, 0.15) is 0 Å². The van der Waals surface area contributed by atoms with Crippen LogP contribution in [-0.2, 0) is 9.84 Å². The zero-order chi connectivity index (χ0) is 11.8. The van der Waals surface area contributed by atoms with E-state index >= 15 is 0 Å². The summed E-state index contributed by atoms with van der Waals surface area (Å²) >= 11 is 1.26. The topological polar surface area (TPSA) is 85.9 Å². The lowest BCUT2D eigenvalue weighted by molar-refractivity contribution is 0.602. The van der Waals surface area contributed by atoms with Crippen molar-refractivity contribution in [1.82, 2.24) is 10.2 Å². The largest absolute Gasteiger partial charge is 0.374 e. The van der Waals surface area contributed by atoms with Crippen molar-refractivity contribution >= 4 is 26.3 Å². The zero-order valence-electron chi connectivity index (χ0n) is 8.41. The highest BCUT2D eigenvalue weighted by atomic mass is 32.2. The molecule has 0 aliphatic carbocycles. The highest BCUT2D eigenvalue weighted by molar-refractivity contribution is 7.90. The monoisotopic (exact) mass is 255 g/mol. The van der Waals surface area contributed by atoms with Crippen LogP contribution in [-0.4, -0.2) is 24.9 Å². The molecule has 1 heterocycles.